The van der Waals surface area contributed by atoms with Gasteiger partial charge in [0.05, 0.1) is 7.11 Å². The number of benzene rings is 2. The summed E-state index contributed by atoms with van der Waals surface area (Å²) >= 11 is 0. The molecule has 0 heterocycles. The van der Waals surface area contributed by atoms with Crippen molar-refractivity contribution in [2.24, 2.45) is 0 Å². The van der Waals surface area contributed by atoms with Crippen molar-refractivity contribution < 1.29 is 14.3 Å². The first-order valence-electron chi connectivity index (χ1n) is 8.13. The Balaban J connectivity index is 1.90. The molecule has 24 heavy (non-hydrogen) atoms. The van der Waals surface area contributed by atoms with E-state index in [2.05, 4.69) is 25.2 Å². The van der Waals surface area contributed by atoms with Crippen LogP contribution in [-0.4, -0.2) is 19.6 Å². The second-order valence-electron chi connectivity index (χ2n) is 6.06. The molecule has 0 radical (unpaired) electrons. The molecule has 0 bridgehead atoms. The average Bonchev–Trinajstić information content (AvgIpc) is 2.59. The summed E-state index contributed by atoms with van der Waals surface area (Å²) in [5.74, 6) is 1.79. The van der Waals surface area contributed by atoms with Gasteiger partial charge in [-0.05, 0) is 36.1 Å². The Kier molecular flexibility index (Phi) is 6.24. The molecular weight excluding hydrogens is 302 g/mol. The quantitative estimate of drug-likeness (QED) is 0.841. The third-order valence-electron chi connectivity index (χ3n) is 3.91. The Morgan fingerprint density at radius 1 is 1.12 bits per heavy atom. The monoisotopic (exact) mass is 327 g/mol. The van der Waals surface area contributed by atoms with Crippen molar-refractivity contribution in [3.05, 3.63) is 59.2 Å². The fourth-order valence-corrected chi connectivity index (χ4v) is 2.37. The van der Waals surface area contributed by atoms with Crippen LogP contribution in [0, 0.1) is 6.92 Å². The van der Waals surface area contributed by atoms with Crippen molar-refractivity contribution in [2.75, 3.05) is 13.7 Å². The van der Waals surface area contributed by atoms with Gasteiger partial charge in [0, 0.05) is 12.1 Å². The number of hydrogen-bond donors (Lipinski definition) is 1. The van der Waals surface area contributed by atoms with Crippen LogP contribution >= 0.6 is 0 Å². The molecule has 0 spiro atoms. The van der Waals surface area contributed by atoms with E-state index < -0.39 is 0 Å². The molecule has 4 heteroatoms. The lowest BCUT2D eigenvalue weighted by Gasteiger charge is -2.13. The van der Waals surface area contributed by atoms with Gasteiger partial charge in [0.1, 0.15) is 11.5 Å². The van der Waals surface area contributed by atoms with Crippen molar-refractivity contribution in [3.63, 3.8) is 0 Å². The van der Waals surface area contributed by atoms with Gasteiger partial charge in [-0.25, -0.2) is 0 Å². The van der Waals surface area contributed by atoms with E-state index in [0.717, 1.165) is 22.6 Å². The summed E-state index contributed by atoms with van der Waals surface area (Å²) in [7, 11) is 1.62. The zero-order chi connectivity index (χ0) is 17.5. The first kappa shape index (κ1) is 17.9. The summed E-state index contributed by atoms with van der Waals surface area (Å²) in [6, 6.07) is 13.7. The molecule has 0 aliphatic rings. The van der Waals surface area contributed by atoms with E-state index in [0.29, 0.717) is 12.5 Å². The van der Waals surface area contributed by atoms with Gasteiger partial charge < -0.3 is 14.8 Å². The lowest BCUT2D eigenvalue weighted by molar-refractivity contribution is -0.123. The fraction of sp³-hybridized carbons (Fsp3) is 0.350. The topological polar surface area (TPSA) is 47.6 Å². The first-order chi connectivity index (χ1) is 11.5. The summed E-state index contributed by atoms with van der Waals surface area (Å²) < 4.78 is 11.0. The number of carbonyl (C=O) groups is 1. The second kappa shape index (κ2) is 8.39. The molecule has 0 atom stereocenters. The van der Waals surface area contributed by atoms with E-state index in [-0.39, 0.29) is 12.5 Å². The van der Waals surface area contributed by atoms with Gasteiger partial charge in [0.25, 0.3) is 5.91 Å². The van der Waals surface area contributed by atoms with Crippen LogP contribution in [-0.2, 0) is 11.3 Å². The van der Waals surface area contributed by atoms with Crippen molar-refractivity contribution in [2.45, 2.75) is 33.2 Å². The standard InChI is InChI=1S/C20H25NO3/c1-14(2)16-10-9-15(3)19(11-16)24-13-20(22)21-12-17-7-5-6-8-18(17)23-4/h5-11,14H,12-13H2,1-4H3,(H,21,22). The number of methoxy groups -OCH3 is 1. The predicted molar refractivity (Wildman–Crippen MR) is 95.6 cm³/mol. The highest BCUT2D eigenvalue weighted by Crippen LogP contribution is 2.24. The second-order valence-corrected chi connectivity index (χ2v) is 6.06. The number of hydrogen-bond acceptors (Lipinski definition) is 3. The smallest absolute Gasteiger partial charge is 0.258 e. The SMILES string of the molecule is COc1ccccc1CNC(=O)COc1cc(C(C)C)ccc1C. The summed E-state index contributed by atoms with van der Waals surface area (Å²) in [4.78, 5) is 12.0. The Hall–Kier alpha value is -2.49. The van der Waals surface area contributed by atoms with E-state index in [1.165, 1.54) is 5.56 Å². The highest BCUT2D eigenvalue weighted by Gasteiger charge is 2.09. The highest BCUT2D eigenvalue weighted by molar-refractivity contribution is 5.77. The maximum atomic E-state index is 12.0. The molecule has 0 saturated heterocycles. The molecular formula is C20H25NO3. The molecule has 2 aromatic rings. The van der Waals surface area contributed by atoms with Gasteiger partial charge in [-0.3, -0.25) is 4.79 Å². The van der Waals surface area contributed by atoms with Crippen LogP contribution in [0.5, 0.6) is 11.5 Å². The number of para-hydroxylation sites is 1. The number of nitrogens with one attached hydrogen (secondary N) is 1. The largest absolute Gasteiger partial charge is 0.496 e. The molecule has 1 amide bonds. The predicted octanol–water partition coefficient (Wildman–Crippen LogP) is 3.82. The molecule has 0 saturated carbocycles. The molecule has 0 aromatic heterocycles. The van der Waals surface area contributed by atoms with Crippen molar-refractivity contribution in [1.82, 2.24) is 5.32 Å². The summed E-state index contributed by atoms with van der Waals surface area (Å²) in [5, 5.41) is 2.86. The van der Waals surface area contributed by atoms with E-state index in [1.54, 1.807) is 7.11 Å². The Morgan fingerprint density at radius 3 is 2.58 bits per heavy atom. The molecule has 0 fully saturated rings. The van der Waals surface area contributed by atoms with Gasteiger partial charge in [-0.1, -0.05) is 44.2 Å². The van der Waals surface area contributed by atoms with Crippen LogP contribution in [0.1, 0.15) is 36.5 Å². The summed E-state index contributed by atoms with van der Waals surface area (Å²) in [6.07, 6.45) is 0. The minimum atomic E-state index is -0.157. The van der Waals surface area contributed by atoms with Crippen molar-refractivity contribution in [3.8, 4) is 11.5 Å². The number of ether oxygens (including phenoxy) is 2. The molecule has 1 N–H and O–H groups in total. The van der Waals surface area contributed by atoms with Gasteiger partial charge in [-0.15, -0.1) is 0 Å². The van der Waals surface area contributed by atoms with E-state index in [9.17, 15) is 4.79 Å². The average molecular weight is 327 g/mol. The van der Waals surface area contributed by atoms with E-state index in [4.69, 9.17) is 9.47 Å². The van der Waals surface area contributed by atoms with Gasteiger partial charge >= 0.3 is 0 Å². The van der Waals surface area contributed by atoms with Gasteiger partial charge in [0.2, 0.25) is 0 Å². The van der Waals surface area contributed by atoms with Crippen LogP contribution in [0.3, 0.4) is 0 Å². The molecule has 0 unspecified atom stereocenters. The maximum Gasteiger partial charge on any atom is 0.258 e. The summed E-state index contributed by atoms with van der Waals surface area (Å²) in [6.45, 7) is 6.66. The lowest BCUT2D eigenvalue weighted by atomic mass is 10.0. The molecule has 2 aromatic carbocycles. The molecule has 0 aliphatic carbocycles. The van der Waals surface area contributed by atoms with Crippen LogP contribution in [0.2, 0.25) is 0 Å². The van der Waals surface area contributed by atoms with Crippen LogP contribution < -0.4 is 14.8 Å². The van der Waals surface area contributed by atoms with E-state index in [1.807, 2.05) is 43.3 Å². The summed E-state index contributed by atoms with van der Waals surface area (Å²) in [5.41, 5.74) is 3.16. The van der Waals surface area contributed by atoms with Crippen molar-refractivity contribution in [1.29, 1.82) is 0 Å². The third kappa shape index (κ3) is 4.75. The van der Waals surface area contributed by atoms with E-state index >= 15 is 0 Å². The minimum absolute atomic E-state index is 0.00244. The van der Waals surface area contributed by atoms with Crippen LogP contribution in [0.25, 0.3) is 0 Å². The van der Waals surface area contributed by atoms with Crippen LogP contribution in [0.15, 0.2) is 42.5 Å². The number of amides is 1. The van der Waals surface area contributed by atoms with Crippen molar-refractivity contribution >= 4 is 5.91 Å². The lowest BCUT2D eigenvalue weighted by Crippen LogP contribution is -2.28. The molecule has 128 valence electrons. The Bertz CT molecular complexity index is 695. The Morgan fingerprint density at radius 2 is 1.88 bits per heavy atom. The molecule has 2 rings (SSSR count). The normalized spacial score (nSPS) is 10.5. The maximum absolute atomic E-state index is 12.0. The Labute approximate surface area is 143 Å². The fourth-order valence-electron chi connectivity index (χ4n) is 2.37. The third-order valence-corrected chi connectivity index (χ3v) is 3.91. The zero-order valence-corrected chi connectivity index (χ0v) is 14.8. The van der Waals surface area contributed by atoms with Gasteiger partial charge in [0.15, 0.2) is 6.61 Å². The molecule has 4 nitrogen and oxygen atoms in total. The van der Waals surface area contributed by atoms with Crippen LogP contribution in [0.4, 0.5) is 0 Å². The van der Waals surface area contributed by atoms with Gasteiger partial charge in [-0.2, -0.15) is 0 Å². The number of carbonyl (C=O) groups excluding carboxylic acids is 1. The number of aryl methyl sites for hydroxylation is 1. The first-order valence-corrected chi connectivity index (χ1v) is 8.13. The number of rotatable bonds is 7. The highest BCUT2D eigenvalue weighted by atomic mass is 16.5. The minimum Gasteiger partial charge on any atom is -0.496 e. The molecule has 0 aliphatic heterocycles. The zero-order valence-electron chi connectivity index (χ0n) is 14.8.